The van der Waals surface area contributed by atoms with E-state index in [9.17, 15) is 4.79 Å². The molecule has 0 aliphatic rings. The molecule has 0 saturated heterocycles. The van der Waals surface area contributed by atoms with Crippen molar-refractivity contribution in [3.8, 4) is 0 Å². The number of halogens is 1. The summed E-state index contributed by atoms with van der Waals surface area (Å²) in [6.45, 7) is 3.04. The van der Waals surface area contributed by atoms with Crippen LogP contribution in [0.4, 0.5) is 5.82 Å². The first-order chi connectivity index (χ1) is 6.76. The van der Waals surface area contributed by atoms with Crippen LogP contribution >= 0.6 is 15.9 Å². The average Bonchev–Trinajstić information content (AvgIpc) is 2.62. The van der Waals surface area contributed by atoms with Gasteiger partial charge >= 0.3 is 0 Å². The van der Waals surface area contributed by atoms with Gasteiger partial charge in [-0.3, -0.25) is 9.48 Å². The Morgan fingerprint density at radius 2 is 2.50 bits per heavy atom. The Kier molecular flexibility index (Phi) is 4.65. The molecule has 0 radical (unpaired) electrons. The minimum absolute atomic E-state index is 0.0780. The molecule has 4 nitrogen and oxygen atoms in total. The molecule has 1 N–H and O–H groups in total. The second kappa shape index (κ2) is 5.80. The third-order valence-electron chi connectivity index (χ3n) is 1.77. The minimum atomic E-state index is -0.0780. The summed E-state index contributed by atoms with van der Waals surface area (Å²) in [6.07, 6.45) is 4.12. The van der Waals surface area contributed by atoms with Crippen LogP contribution in [0.15, 0.2) is 12.3 Å². The molecular weight excluding hydrogens is 246 g/mol. The fourth-order valence-electron chi connectivity index (χ4n) is 1.05. The van der Waals surface area contributed by atoms with Crippen LogP contribution in [0.2, 0.25) is 0 Å². The fourth-order valence-corrected chi connectivity index (χ4v) is 1.19. The molecular formula is C9H14BrN3O. The van der Waals surface area contributed by atoms with Crippen molar-refractivity contribution in [2.24, 2.45) is 0 Å². The number of carbonyl (C=O) groups excluding carboxylic acids is 1. The highest BCUT2D eigenvalue weighted by Gasteiger charge is 2.02. The van der Waals surface area contributed by atoms with E-state index in [4.69, 9.17) is 0 Å². The number of aryl methyl sites for hydroxylation is 1. The number of alkyl halides is 1. The van der Waals surface area contributed by atoms with Gasteiger partial charge in [-0.15, -0.1) is 0 Å². The molecule has 14 heavy (non-hydrogen) atoms. The Bertz CT molecular complexity index is 298. The molecule has 1 rings (SSSR count). The van der Waals surface area contributed by atoms with Gasteiger partial charge in [0, 0.05) is 18.8 Å². The third kappa shape index (κ3) is 3.49. The van der Waals surface area contributed by atoms with Crippen molar-refractivity contribution in [2.45, 2.75) is 26.3 Å². The van der Waals surface area contributed by atoms with Crippen LogP contribution in [0.5, 0.6) is 0 Å². The first-order valence-electron chi connectivity index (χ1n) is 4.65. The Hall–Kier alpha value is -0.840. The van der Waals surface area contributed by atoms with Crippen molar-refractivity contribution in [3.05, 3.63) is 12.3 Å². The highest BCUT2D eigenvalue weighted by Crippen LogP contribution is 2.03. The summed E-state index contributed by atoms with van der Waals surface area (Å²) in [4.78, 5) is 11.0. The van der Waals surface area contributed by atoms with E-state index in [1.54, 1.807) is 6.07 Å². The van der Waals surface area contributed by atoms with E-state index in [0.29, 0.717) is 11.1 Å². The lowest BCUT2D eigenvalue weighted by molar-refractivity contribution is -0.113. The topological polar surface area (TPSA) is 46.9 Å². The molecule has 0 saturated carbocycles. The summed E-state index contributed by atoms with van der Waals surface area (Å²) in [5.74, 6) is 0.538. The van der Waals surface area contributed by atoms with Crippen LogP contribution in [0.3, 0.4) is 0 Å². The molecule has 1 aromatic heterocycles. The molecule has 0 spiro atoms. The molecule has 1 aromatic rings. The van der Waals surface area contributed by atoms with Gasteiger partial charge in [0.05, 0.1) is 5.33 Å². The highest BCUT2D eigenvalue weighted by molar-refractivity contribution is 9.09. The van der Waals surface area contributed by atoms with Crippen molar-refractivity contribution >= 4 is 27.7 Å². The van der Waals surface area contributed by atoms with Gasteiger partial charge in [-0.2, -0.15) is 5.10 Å². The summed E-state index contributed by atoms with van der Waals surface area (Å²) in [7, 11) is 0. The summed E-state index contributed by atoms with van der Waals surface area (Å²) < 4.78 is 1.84. The van der Waals surface area contributed by atoms with Crippen LogP contribution in [0, 0.1) is 0 Å². The van der Waals surface area contributed by atoms with Gasteiger partial charge in [-0.1, -0.05) is 29.3 Å². The summed E-state index contributed by atoms with van der Waals surface area (Å²) >= 11 is 3.07. The Labute approximate surface area is 91.8 Å². The van der Waals surface area contributed by atoms with Gasteiger partial charge in [-0.05, 0) is 6.42 Å². The largest absolute Gasteiger partial charge is 0.308 e. The Balaban J connectivity index is 2.46. The number of nitrogens with zero attached hydrogens (tertiary/aromatic N) is 2. The Morgan fingerprint density at radius 3 is 3.14 bits per heavy atom. The second-order valence-corrected chi connectivity index (χ2v) is 3.56. The van der Waals surface area contributed by atoms with Gasteiger partial charge in [-0.25, -0.2) is 0 Å². The van der Waals surface area contributed by atoms with E-state index in [-0.39, 0.29) is 5.91 Å². The van der Waals surface area contributed by atoms with E-state index >= 15 is 0 Å². The van der Waals surface area contributed by atoms with Crippen LogP contribution in [0.25, 0.3) is 0 Å². The maximum absolute atomic E-state index is 11.0. The van der Waals surface area contributed by atoms with Crippen molar-refractivity contribution in [3.63, 3.8) is 0 Å². The van der Waals surface area contributed by atoms with Crippen molar-refractivity contribution < 1.29 is 4.79 Å². The van der Waals surface area contributed by atoms with Gasteiger partial charge in [0.25, 0.3) is 0 Å². The lowest BCUT2D eigenvalue weighted by atomic mass is 10.3. The van der Waals surface area contributed by atoms with Gasteiger partial charge in [0.15, 0.2) is 5.82 Å². The number of amides is 1. The standard InChI is InChI=1S/C9H14BrN3O/c1-2-3-5-13-6-4-8(12-13)11-9(14)7-10/h4,6H,2-3,5,7H2,1H3,(H,11,12,14). The Morgan fingerprint density at radius 1 is 1.71 bits per heavy atom. The molecule has 1 heterocycles. The van der Waals surface area contributed by atoms with Crippen LogP contribution < -0.4 is 5.32 Å². The van der Waals surface area contributed by atoms with Gasteiger partial charge in [0.1, 0.15) is 0 Å². The minimum Gasteiger partial charge on any atom is -0.308 e. The maximum Gasteiger partial charge on any atom is 0.236 e. The van der Waals surface area contributed by atoms with Crippen molar-refractivity contribution in [2.75, 3.05) is 10.6 Å². The summed E-state index contributed by atoms with van der Waals surface area (Å²) in [5, 5.41) is 7.17. The van der Waals surface area contributed by atoms with E-state index in [0.717, 1.165) is 19.4 Å². The molecule has 78 valence electrons. The number of unbranched alkanes of at least 4 members (excludes halogenated alkanes) is 1. The maximum atomic E-state index is 11.0. The van der Waals surface area contributed by atoms with E-state index in [2.05, 4.69) is 33.3 Å². The number of nitrogens with one attached hydrogen (secondary N) is 1. The second-order valence-electron chi connectivity index (χ2n) is 3.00. The predicted octanol–water partition coefficient (Wildman–Crippen LogP) is 2.02. The zero-order valence-corrected chi connectivity index (χ0v) is 9.75. The molecule has 0 bridgehead atoms. The van der Waals surface area contributed by atoms with Crippen LogP contribution in [-0.4, -0.2) is 21.0 Å². The first kappa shape index (κ1) is 11.2. The smallest absolute Gasteiger partial charge is 0.236 e. The SMILES string of the molecule is CCCCn1ccc(NC(=O)CBr)n1. The van der Waals surface area contributed by atoms with Crippen molar-refractivity contribution in [1.29, 1.82) is 0 Å². The first-order valence-corrected chi connectivity index (χ1v) is 5.77. The lowest BCUT2D eigenvalue weighted by Crippen LogP contribution is -2.13. The molecule has 0 fully saturated rings. The highest BCUT2D eigenvalue weighted by atomic mass is 79.9. The normalized spacial score (nSPS) is 10.1. The van der Waals surface area contributed by atoms with Gasteiger partial charge in [0.2, 0.25) is 5.91 Å². The summed E-state index contributed by atoms with van der Waals surface area (Å²) in [5.41, 5.74) is 0. The monoisotopic (exact) mass is 259 g/mol. The van der Waals surface area contributed by atoms with E-state index < -0.39 is 0 Å². The van der Waals surface area contributed by atoms with Gasteiger partial charge < -0.3 is 5.32 Å². The van der Waals surface area contributed by atoms with Crippen LogP contribution in [-0.2, 0) is 11.3 Å². The number of rotatable bonds is 5. The third-order valence-corrected chi connectivity index (χ3v) is 2.28. The zero-order chi connectivity index (χ0) is 10.4. The molecule has 5 heteroatoms. The number of aromatic nitrogens is 2. The summed E-state index contributed by atoms with van der Waals surface area (Å²) in [6, 6.07) is 1.80. The number of hydrogen-bond acceptors (Lipinski definition) is 2. The lowest BCUT2D eigenvalue weighted by Gasteiger charge is -1.99. The average molecular weight is 260 g/mol. The quantitative estimate of drug-likeness (QED) is 0.823. The number of hydrogen-bond donors (Lipinski definition) is 1. The predicted molar refractivity (Wildman–Crippen MR) is 59.6 cm³/mol. The van der Waals surface area contributed by atoms with Crippen LogP contribution in [0.1, 0.15) is 19.8 Å². The van der Waals surface area contributed by atoms with Crippen molar-refractivity contribution in [1.82, 2.24) is 9.78 Å². The zero-order valence-electron chi connectivity index (χ0n) is 8.16. The molecule has 0 atom stereocenters. The molecule has 0 unspecified atom stereocenters. The number of carbonyl (C=O) groups is 1. The van der Waals surface area contributed by atoms with E-state index in [1.165, 1.54) is 0 Å². The van der Waals surface area contributed by atoms with E-state index in [1.807, 2.05) is 10.9 Å². The number of anilines is 1. The fraction of sp³-hybridized carbons (Fsp3) is 0.556. The molecule has 0 aliphatic heterocycles. The molecule has 0 aromatic carbocycles. The molecule has 0 aliphatic carbocycles. The molecule has 1 amide bonds.